The molecule has 0 radical (unpaired) electrons. The molecule has 3 heteroatoms. The molecule has 0 saturated heterocycles. The fourth-order valence-electron chi connectivity index (χ4n) is 0.693. The maximum atomic E-state index is 11.0. The molecule has 0 aliphatic heterocycles. The fraction of sp³-hybridized carbons (Fsp3) is 0.111. The van der Waals surface area contributed by atoms with Gasteiger partial charge in [0.15, 0.2) is 5.43 Å². The van der Waals surface area contributed by atoms with E-state index < -0.39 is 0 Å². The quantitative estimate of drug-likeness (QED) is 0.563. The number of aromatic nitrogens is 1. The Labute approximate surface area is 69.7 Å². The molecule has 0 aliphatic rings. The zero-order chi connectivity index (χ0) is 8.81. The molecular weight excluding hydrogens is 152 g/mol. The molecular formula is C9H6N2O. The zero-order valence-electron chi connectivity index (χ0n) is 6.29. The number of nitrogens with one attached hydrogen (secondary N) is 1. The second kappa shape index (κ2) is 4.00. The van der Waals surface area contributed by atoms with Crippen LogP contribution < -0.4 is 5.43 Å². The summed E-state index contributed by atoms with van der Waals surface area (Å²) >= 11 is 0. The van der Waals surface area contributed by atoms with Gasteiger partial charge in [0, 0.05) is 18.5 Å². The summed E-state index contributed by atoms with van der Waals surface area (Å²) in [5.74, 6) is 5.16. The van der Waals surface area contributed by atoms with Crippen LogP contribution in [0.3, 0.4) is 0 Å². The summed E-state index contributed by atoms with van der Waals surface area (Å²) in [5.41, 5.74) is 0.270. The van der Waals surface area contributed by atoms with Crippen molar-refractivity contribution < 1.29 is 0 Å². The lowest BCUT2D eigenvalue weighted by atomic mass is 10.3. The molecule has 1 aromatic heterocycles. The Morgan fingerprint density at radius 3 is 3.08 bits per heavy atom. The van der Waals surface area contributed by atoms with Crippen LogP contribution in [0.2, 0.25) is 0 Å². The summed E-state index contributed by atoms with van der Waals surface area (Å²) in [6.07, 6.45) is 3.21. The van der Waals surface area contributed by atoms with Crippen LogP contribution in [-0.4, -0.2) is 4.98 Å². The van der Waals surface area contributed by atoms with Gasteiger partial charge >= 0.3 is 0 Å². The topological polar surface area (TPSA) is 56.6 Å². The second-order valence-electron chi connectivity index (χ2n) is 2.06. The first kappa shape index (κ1) is 8.10. The first-order chi connectivity index (χ1) is 5.84. The molecule has 0 aromatic carbocycles. The zero-order valence-corrected chi connectivity index (χ0v) is 6.29. The van der Waals surface area contributed by atoms with E-state index in [0.29, 0.717) is 5.56 Å². The summed E-state index contributed by atoms with van der Waals surface area (Å²) in [4.78, 5) is 13.8. The standard InChI is InChI=1S/C9H6N2O/c10-5-2-1-3-8-7-11-6-4-9(8)12/h4,6-7H,2H2,(H,11,12). The van der Waals surface area contributed by atoms with Crippen LogP contribution in [-0.2, 0) is 0 Å². The normalized spacial score (nSPS) is 7.92. The maximum absolute atomic E-state index is 11.0. The molecule has 3 nitrogen and oxygen atoms in total. The molecule has 0 aliphatic carbocycles. The fourth-order valence-corrected chi connectivity index (χ4v) is 0.693. The van der Waals surface area contributed by atoms with E-state index in [9.17, 15) is 4.79 Å². The highest BCUT2D eigenvalue weighted by Crippen LogP contribution is 1.83. The Kier molecular flexibility index (Phi) is 2.70. The van der Waals surface area contributed by atoms with Gasteiger partial charge < -0.3 is 4.98 Å². The maximum Gasteiger partial charge on any atom is 0.197 e. The van der Waals surface area contributed by atoms with Gasteiger partial charge in [0.05, 0.1) is 18.1 Å². The average molecular weight is 158 g/mol. The van der Waals surface area contributed by atoms with Crippen LogP contribution in [0.1, 0.15) is 12.0 Å². The third-order valence-electron chi connectivity index (χ3n) is 1.21. The van der Waals surface area contributed by atoms with Gasteiger partial charge in [-0.3, -0.25) is 4.79 Å². The molecule has 0 fully saturated rings. The number of hydrogen-bond acceptors (Lipinski definition) is 2. The summed E-state index contributed by atoms with van der Waals surface area (Å²) in [6, 6.07) is 3.27. The third-order valence-corrected chi connectivity index (χ3v) is 1.21. The van der Waals surface area contributed by atoms with Gasteiger partial charge in [-0.05, 0) is 0 Å². The molecule has 0 amide bonds. The third kappa shape index (κ3) is 2.00. The van der Waals surface area contributed by atoms with Crippen molar-refractivity contribution >= 4 is 0 Å². The number of nitrogens with zero attached hydrogens (tertiary/aromatic N) is 1. The molecule has 0 atom stereocenters. The summed E-state index contributed by atoms with van der Waals surface area (Å²) in [7, 11) is 0. The Balaban J connectivity index is 2.94. The lowest BCUT2D eigenvalue weighted by Crippen LogP contribution is -2.02. The van der Waals surface area contributed by atoms with Crippen molar-refractivity contribution in [3.63, 3.8) is 0 Å². The minimum atomic E-state index is -0.126. The minimum Gasteiger partial charge on any atom is -0.366 e. The van der Waals surface area contributed by atoms with E-state index in [-0.39, 0.29) is 11.8 Å². The van der Waals surface area contributed by atoms with Gasteiger partial charge in [-0.2, -0.15) is 5.26 Å². The summed E-state index contributed by atoms with van der Waals surface area (Å²) in [5, 5.41) is 8.18. The number of pyridine rings is 1. The molecule has 1 N–H and O–H groups in total. The molecule has 0 saturated carbocycles. The van der Waals surface area contributed by atoms with E-state index in [1.165, 1.54) is 18.5 Å². The summed E-state index contributed by atoms with van der Waals surface area (Å²) in [6.45, 7) is 0. The van der Waals surface area contributed by atoms with Crippen LogP contribution in [0, 0.1) is 23.2 Å². The molecule has 12 heavy (non-hydrogen) atoms. The van der Waals surface area contributed by atoms with Crippen LogP contribution >= 0.6 is 0 Å². The average Bonchev–Trinajstić information content (AvgIpc) is 2.09. The van der Waals surface area contributed by atoms with Crippen molar-refractivity contribution in [1.29, 1.82) is 5.26 Å². The molecule has 0 bridgehead atoms. The first-order valence-corrected chi connectivity index (χ1v) is 3.37. The predicted octanol–water partition coefficient (Wildman–Crippen LogP) is 0.640. The van der Waals surface area contributed by atoms with Crippen molar-refractivity contribution in [3.8, 4) is 17.9 Å². The molecule has 0 spiro atoms. The number of hydrogen-bond donors (Lipinski definition) is 1. The van der Waals surface area contributed by atoms with E-state index in [4.69, 9.17) is 5.26 Å². The number of nitriles is 1. The van der Waals surface area contributed by atoms with Crippen molar-refractivity contribution in [2.45, 2.75) is 6.42 Å². The Bertz CT molecular complexity index is 414. The van der Waals surface area contributed by atoms with E-state index in [0.717, 1.165) is 0 Å². The van der Waals surface area contributed by atoms with Gasteiger partial charge in [-0.15, -0.1) is 0 Å². The molecule has 1 aromatic rings. The van der Waals surface area contributed by atoms with E-state index in [2.05, 4.69) is 16.8 Å². The van der Waals surface area contributed by atoms with Gasteiger partial charge in [0.25, 0.3) is 0 Å². The van der Waals surface area contributed by atoms with E-state index >= 15 is 0 Å². The van der Waals surface area contributed by atoms with Crippen LogP contribution in [0.4, 0.5) is 0 Å². The highest BCUT2D eigenvalue weighted by molar-refractivity contribution is 5.31. The van der Waals surface area contributed by atoms with Gasteiger partial charge in [0.1, 0.15) is 0 Å². The SMILES string of the molecule is N#CCC#Cc1c[nH]ccc1=O. The first-order valence-electron chi connectivity index (χ1n) is 3.37. The lowest BCUT2D eigenvalue weighted by Gasteiger charge is -1.84. The van der Waals surface area contributed by atoms with E-state index in [1.807, 2.05) is 6.07 Å². The number of rotatable bonds is 0. The van der Waals surface area contributed by atoms with Gasteiger partial charge in [-0.25, -0.2) is 0 Å². The Morgan fingerprint density at radius 1 is 1.58 bits per heavy atom. The lowest BCUT2D eigenvalue weighted by molar-refractivity contribution is 1.28. The number of aromatic amines is 1. The van der Waals surface area contributed by atoms with Crippen molar-refractivity contribution in [2.75, 3.05) is 0 Å². The van der Waals surface area contributed by atoms with E-state index in [1.54, 1.807) is 0 Å². The van der Waals surface area contributed by atoms with Crippen LogP contribution in [0.15, 0.2) is 23.3 Å². The van der Waals surface area contributed by atoms with Crippen molar-refractivity contribution in [2.24, 2.45) is 0 Å². The largest absolute Gasteiger partial charge is 0.366 e. The second-order valence-corrected chi connectivity index (χ2v) is 2.06. The highest BCUT2D eigenvalue weighted by Gasteiger charge is 1.89. The summed E-state index contributed by atoms with van der Waals surface area (Å²) < 4.78 is 0. The molecule has 1 heterocycles. The van der Waals surface area contributed by atoms with Gasteiger partial charge in [0.2, 0.25) is 0 Å². The van der Waals surface area contributed by atoms with Crippen LogP contribution in [0.5, 0.6) is 0 Å². The smallest absolute Gasteiger partial charge is 0.197 e. The molecule has 58 valence electrons. The Hall–Kier alpha value is -2.00. The Morgan fingerprint density at radius 2 is 2.42 bits per heavy atom. The number of H-pyrrole nitrogens is 1. The van der Waals surface area contributed by atoms with Crippen LogP contribution in [0.25, 0.3) is 0 Å². The molecule has 0 unspecified atom stereocenters. The minimum absolute atomic E-state index is 0.126. The van der Waals surface area contributed by atoms with Crippen molar-refractivity contribution in [3.05, 3.63) is 34.2 Å². The van der Waals surface area contributed by atoms with Gasteiger partial charge in [-0.1, -0.05) is 11.8 Å². The highest BCUT2D eigenvalue weighted by atomic mass is 16.1. The molecule has 1 rings (SSSR count). The predicted molar refractivity (Wildman–Crippen MR) is 44.2 cm³/mol. The monoisotopic (exact) mass is 158 g/mol. The van der Waals surface area contributed by atoms with Crippen molar-refractivity contribution in [1.82, 2.24) is 4.98 Å².